The third kappa shape index (κ3) is 13.3. The summed E-state index contributed by atoms with van der Waals surface area (Å²) in [7, 11) is -4.58. The molecule has 192 valence electrons. The average Bonchev–Trinajstić information content (AvgIpc) is 2.78. The first-order valence-corrected chi connectivity index (χ1v) is 14.9. The van der Waals surface area contributed by atoms with Crippen LogP contribution in [0.5, 0.6) is 5.75 Å². The van der Waals surface area contributed by atoms with Gasteiger partial charge in [-0.2, -0.15) is 0 Å². The Morgan fingerprint density at radius 3 is 1.71 bits per heavy atom. The summed E-state index contributed by atoms with van der Waals surface area (Å²) in [6, 6.07) is 6.21. The van der Waals surface area contributed by atoms with Gasteiger partial charge in [0, 0.05) is 0 Å². The SMILES string of the molecule is CCCCCCCCCc1ccc(CCCCCCCCC)c(OC(C)(CC)S(=O)(=O)[O-])c1.[Na+]. The van der Waals surface area contributed by atoms with Crippen molar-refractivity contribution < 1.29 is 47.3 Å². The van der Waals surface area contributed by atoms with E-state index in [1.165, 1.54) is 77.6 Å². The predicted molar refractivity (Wildman–Crippen MR) is 139 cm³/mol. The average molecular weight is 505 g/mol. The Hall–Kier alpha value is -0.0700. The molecular weight excluding hydrogens is 455 g/mol. The first-order chi connectivity index (χ1) is 15.8. The van der Waals surface area contributed by atoms with Crippen LogP contribution in [0.1, 0.15) is 135 Å². The van der Waals surface area contributed by atoms with E-state index in [0.29, 0.717) is 5.75 Å². The maximum atomic E-state index is 11.9. The second-order valence-electron chi connectivity index (χ2n) is 9.73. The van der Waals surface area contributed by atoms with E-state index in [-0.39, 0.29) is 36.0 Å². The molecule has 0 amide bonds. The molecule has 1 rings (SSSR count). The quantitative estimate of drug-likeness (QED) is 0.137. The van der Waals surface area contributed by atoms with Crippen molar-refractivity contribution in [3.05, 3.63) is 29.3 Å². The topological polar surface area (TPSA) is 66.4 Å². The summed E-state index contributed by atoms with van der Waals surface area (Å²) in [6.45, 7) is 7.55. The Balaban J connectivity index is 0.0000109. The van der Waals surface area contributed by atoms with Gasteiger partial charge in [-0.05, 0) is 56.2 Å². The molecule has 0 saturated heterocycles. The van der Waals surface area contributed by atoms with Gasteiger partial charge in [0.05, 0.1) is 0 Å². The van der Waals surface area contributed by atoms with E-state index in [4.69, 9.17) is 4.74 Å². The molecular formula is C28H49NaO4S. The second-order valence-corrected chi connectivity index (χ2v) is 11.5. The predicted octanol–water partition coefficient (Wildman–Crippen LogP) is 5.33. The number of hydrogen-bond donors (Lipinski definition) is 0. The van der Waals surface area contributed by atoms with Crippen LogP contribution in [0.25, 0.3) is 0 Å². The minimum Gasteiger partial charge on any atom is -0.745 e. The molecule has 0 N–H and O–H groups in total. The molecule has 34 heavy (non-hydrogen) atoms. The molecule has 0 aromatic heterocycles. The van der Waals surface area contributed by atoms with Gasteiger partial charge in [0.25, 0.3) is 0 Å². The standard InChI is InChI=1S/C28H50O4S.Na/c1-5-8-10-12-14-16-18-20-25-22-23-26(21-19-17-15-13-11-9-6-2)27(24-25)32-28(4,7-3)33(29,30)31;/h22-24H,5-21H2,1-4H3,(H,29,30,31);/q;+1/p-1. The van der Waals surface area contributed by atoms with E-state index in [2.05, 4.69) is 26.0 Å². The van der Waals surface area contributed by atoms with Gasteiger partial charge in [-0.15, -0.1) is 0 Å². The normalized spacial score (nSPS) is 13.3. The number of aryl methyl sites for hydroxylation is 2. The third-order valence-electron chi connectivity index (χ3n) is 6.75. The minimum atomic E-state index is -4.58. The molecule has 0 radical (unpaired) electrons. The summed E-state index contributed by atoms with van der Waals surface area (Å²) >= 11 is 0. The fraction of sp³-hybridized carbons (Fsp3) is 0.786. The number of rotatable bonds is 20. The molecule has 0 bridgehead atoms. The molecule has 0 heterocycles. The van der Waals surface area contributed by atoms with Crippen LogP contribution in [-0.4, -0.2) is 17.9 Å². The van der Waals surface area contributed by atoms with E-state index in [9.17, 15) is 13.0 Å². The van der Waals surface area contributed by atoms with E-state index in [1.807, 2.05) is 6.07 Å². The van der Waals surface area contributed by atoms with Gasteiger partial charge in [0.15, 0.2) is 4.93 Å². The van der Waals surface area contributed by atoms with Crippen molar-refractivity contribution in [3.63, 3.8) is 0 Å². The van der Waals surface area contributed by atoms with Crippen molar-refractivity contribution in [2.45, 2.75) is 142 Å². The van der Waals surface area contributed by atoms with Crippen LogP contribution in [-0.2, 0) is 23.0 Å². The zero-order valence-electron chi connectivity index (χ0n) is 22.8. The monoisotopic (exact) mass is 504 g/mol. The molecule has 0 aliphatic rings. The Labute approximate surface area is 233 Å². The summed E-state index contributed by atoms with van der Waals surface area (Å²) in [6.07, 6.45) is 19.3. The fourth-order valence-electron chi connectivity index (χ4n) is 4.15. The van der Waals surface area contributed by atoms with Gasteiger partial charge >= 0.3 is 29.6 Å². The molecule has 0 aliphatic carbocycles. The van der Waals surface area contributed by atoms with Gasteiger partial charge in [-0.25, -0.2) is 8.42 Å². The van der Waals surface area contributed by atoms with Gasteiger partial charge in [0.2, 0.25) is 0 Å². The van der Waals surface area contributed by atoms with E-state index in [1.54, 1.807) is 6.92 Å². The molecule has 1 unspecified atom stereocenters. The molecule has 6 heteroatoms. The number of hydrogen-bond acceptors (Lipinski definition) is 4. The summed E-state index contributed by atoms with van der Waals surface area (Å²) in [5.74, 6) is 0.574. The minimum absolute atomic E-state index is 0. The summed E-state index contributed by atoms with van der Waals surface area (Å²) < 4.78 is 41.7. The van der Waals surface area contributed by atoms with E-state index < -0.39 is 15.1 Å². The van der Waals surface area contributed by atoms with Crippen LogP contribution in [0, 0.1) is 0 Å². The van der Waals surface area contributed by atoms with Gasteiger partial charge in [-0.3, -0.25) is 0 Å². The van der Waals surface area contributed by atoms with Crippen LogP contribution in [0.4, 0.5) is 0 Å². The zero-order chi connectivity index (χ0) is 24.6. The fourth-order valence-corrected chi connectivity index (χ4v) is 4.69. The van der Waals surface area contributed by atoms with Crippen LogP contribution >= 0.6 is 0 Å². The van der Waals surface area contributed by atoms with Crippen LogP contribution in [0.2, 0.25) is 0 Å². The molecule has 1 aromatic rings. The van der Waals surface area contributed by atoms with Crippen LogP contribution in [0.15, 0.2) is 18.2 Å². The summed E-state index contributed by atoms with van der Waals surface area (Å²) in [5.41, 5.74) is 2.17. The van der Waals surface area contributed by atoms with Crippen molar-refractivity contribution in [1.29, 1.82) is 0 Å². The van der Waals surface area contributed by atoms with Crippen molar-refractivity contribution in [2.75, 3.05) is 0 Å². The van der Waals surface area contributed by atoms with Gasteiger partial charge in [-0.1, -0.05) is 110 Å². The Kier molecular flexibility index (Phi) is 19.1. The van der Waals surface area contributed by atoms with Crippen molar-refractivity contribution in [2.24, 2.45) is 0 Å². The Morgan fingerprint density at radius 1 is 0.765 bits per heavy atom. The van der Waals surface area contributed by atoms with Crippen LogP contribution in [0.3, 0.4) is 0 Å². The Bertz CT molecular complexity index is 751. The largest absolute Gasteiger partial charge is 1.00 e. The molecule has 0 spiro atoms. The first-order valence-electron chi connectivity index (χ1n) is 13.5. The number of unbranched alkanes of at least 4 members (excludes halogenated alkanes) is 12. The molecule has 0 saturated carbocycles. The second kappa shape index (κ2) is 19.1. The van der Waals surface area contributed by atoms with E-state index >= 15 is 0 Å². The molecule has 1 aromatic carbocycles. The van der Waals surface area contributed by atoms with Crippen molar-refractivity contribution in [3.8, 4) is 5.75 Å². The maximum absolute atomic E-state index is 11.9. The molecule has 0 fully saturated rings. The van der Waals surface area contributed by atoms with E-state index in [0.717, 1.165) is 43.2 Å². The zero-order valence-corrected chi connectivity index (χ0v) is 25.6. The third-order valence-corrected chi connectivity index (χ3v) is 8.18. The Morgan fingerprint density at radius 2 is 1.24 bits per heavy atom. The molecule has 0 aliphatic heterocycles. The number of ether oxygens (including phenoxy) is 1. The van der Waals surface area contributed by atoms with Gasteiger partial charge < -0.3 is 9.29 Å². The summed E-state index contributed by atoms with van der Waals surface area (Å²) in [5, 5.41) is 0. The maximum Gasteiger partial charge on any atom is 1.00 e. The smallest absolute Gasteiger partial charge is 0.745 e. The van der Waals surface area contributed by atoms with Crippen molar-refractivity contribution >= 4 is 10.1 Å². The summed E-state index contributed by atoms with van der Waals surface area (Å²) in [4.78, 5) is -1.74. The first kappa shape index (κ1) is 33.9. The van der Waals surface area contributed by atoms with Crippen molar-refractivity contribution in [1.82, 2.24) is 0 Å². The van der Waals surface area contributed by atoms with Crippen LogP contribution < -0.4 is 34.3 Å². The molecule has 1 atom stereocenters. The number of benzene rings is 1. The van der Waals surface area contributed by atoms with Gasteiger partial charge in [0.1, 0.15) is 15.9 Å². The molecule has 4 nitrogen and oxygen atoms in total.